The van der Waals surface area contributed by atoms with Gasteiger partial charge in [0, 0.05) is 25.5 Å². The van der Waals surface area contributed by atoms with E-state index in [0.29, 0.717) is 11.9 Å². The normalized spacial score (nSPS) is 10.3. The lowest BCUT2D eigenvalue weighted by Crippen LogP contribution is -2.08. The van der Waals surface area contributed by atoms with Crippen LogP contribution in [-0.4, -0.2) is 24.3 Å². The highest BCUT2D eigenvalue weighted by molar-refractivity contribution is 6.16. The Morgan fingerprint density at radius 2 is 1.94 bits per heavy atom. The zero-order chi connectivity index (χ0) is 12.3. The molecule has 0 aliphatic rings. The standard InChI is InChI=1S/C11H13ClN4O/c1-16(2)9-5-3-8(4-6-9)13-11-15-14-10(7-12)17-11/h3-6H,7H2,1-2H3,(H,13,15). The molecule has 17 heavy (non-hydrogen) atoms. The molecule has 1 aromatic heterocycles. The van der Waals surface area contributed by atoms with E-state index in [4.69, 9.17) is 16.0 Å². The number of benzene rings is 1. The van der Waals surface area contributed by atoms with Gasteiger partial charge in [0.1, 0.15) is 5.88 Å². The topological polar surface area (TPSA) is 54.2 Å². The van der Waals surface area contributed by atoms with Gasteiger partial charge in [-0.2, -0.15) is 0 Å². The van der Waals surface area contributed by atoms with Crippen molar-refractivity contribution in [3.8, 4) is 0 Å². The van der Waals surface area contributed by atoms with Gasteiger partial charge in [0.2, 0.25) is 5.89 Å². The summed E-state index contributed by atoms with van der Waals surface area (Å²) in [5.41, 5.74) is 2.02. The van der Waals surface area contributed by atoms with Gasteiger partial charge in [0.25, 0.3) is 0 Å². The molecule has 1 aromatic carbocycles. The van der Waals surface area contributed by atoms with E-state index in [1.54, 1.807) is 0 Å². The molecular weight excluding hydrogens is 240 g/mol. The number of nitrogens with one attached hydrogen (secondary N) is 1. The van der Waals surface area contributed by atoms with Crippen LogP contribution in [0.25, 0.3) is 0 Å². The first-order valence-electron chi connectivity index (χ1n) is 5.12. The maximum Gasteiger partial charge on any atom is 0.320 e. The van der Waals surface area contributed by atoms with Gasteiger partial charge in [0.15, 0.2) is 0 Å². The fourth-order valence-corrected chi connectivity index (χ4v) is 1.43. The fourth-order valence-electron chi connectivity index (χ4n) is 1.32. The van der Waals surface area contributed by atoms with E-state index in [-0.39, 0.29) is 5.88 Å². The highest BCUT2D eigenvalue weighted by Gasteiger charge is 2.04. The molecule has 0 unspecified atom stereocenters. The van der Waals surface area contributed by atoms with E-state index < -0.39 is 0 Å². The predicted molar refractivity (Wildman–Crippen MR) is 67.9 cm³/mol. The number of aromatic nitrogens is 2. The molecule has 2 rings (SSSR count). The van der Waals surface area contributed by atoms with Crippen molar-refractivity contribution in [2.75, 3.05) is 24.3 Å². The first kappa shape index (κ1) is 11.7. The first-order valence-corrected chi connectivity index (χ1v) is 5.65. The Bertz CT molecular complexity index is 480. The van der Waals surface area contributed by atoms with Crippen LogP contribution in [0, 0.1) is 0 Å². The van der Waals surface area contributed by atoms with Gasteiger partial charge in [-0.05, 0) is 24.3 Å². The summed E-state index contributed by atoms with van der Waals surface area (Å²) in [7, 11) is 3.99. The lowest BCUT2D eigenvalue weighted by atomic mass is 10.2. The summed E-state index contributed by atoms with van der Waals surface area (Å²) >= 11 is 5.57. The van der Waals surface area contributed by atoms with Crippen LogP contribution in [0.5, 0.6) is 0 Å². The van der Waals surface area contributed by atoms with Gasteiger partial charge in [-0.25, -0.2) is 0 Å². The zero-order valence-electron chi connectivity index (χ0n) is 9.64. The third kappa shape index (κ3) is 2.88. The summed E-state index contributed by atoms with van der Waals surface area (Å²) in [4.78, 5) is 2.03. The number of hydrogen-bond donors (Lipinski definition) is 1. The molecule has 0 aliphatic heterocycles. The van der Waals surface area contributed by atoms with Gasteiger partial charge in [-0.1, -0.05) is 5.10 Å². The minimum Gasteiger partial charge on any atom is -0.407 e. The Labute approximate surface area is 104 Å². The van der Waals surface area contributed by atoms with Crippen LogP contribution in [-0.2, 0) is 5.88 Å². The van der Waals surface area contributed by atoms with E-state index in [0.717, 1.165) is 11.4 Å². The predicted octanol–water partition coefficient (Wildman–Crippen LogP) is 2.62. The van der Waals surface area contributed by atoms with Crippen LogP contribution < -0.4 is 10.2 Å². The molecule has 0 saturated heterocycles. The molecule has 0 atom stereocenters. The van der Waals surface area contributed by atoms with E-state index in [9.17, 15) is 0 Å². The molecule has 2 aromatic rings. The number of rotatable bonds is 4. The van der Waals surface area contributed by atoms with Crippen molar-refractivity contribution in [1.82, 2.24) is 10.2 Å². The number of anilines is 3. The summed E-state index contributed by atoms with van der Waals surface area (Å²) in [6.07, 6.45) is 0. The second-order valence-electron chi connectivity index (χ2n) is 3.70. The van der Waals surface area contributed by atoms with E-state index in [2.05, 4.69) is 15.5 Å². The Kier molecular flexibility index (Phi) is 3.49. The smallest absolute Gasteiger partial charge is 0.320 e. The average molecular weight is 253 g/mol. The molecule has 0 saturated carbocycles. The molecule has 6 heteroatoms. The van der Waals surface area contributed by atoms with E-state index in [1.165, 1.54) is 0 Å². The lowest BCUT2D eigenvalue weighted by molar-refractivity contribution is 0.530. The van der Waals surface area contributed by atoms with Crippen LogP contribution in [0.3, 0.4) is 0 Å². The average Bonchev–Trinajstić information content (AvgIpc) is 2.77. The maximum absolute atomic E-state index is 5.57. The summed E-state index contributed by atoms with van der Waals surface area (Å²) < 4.78 is 5.24. The molecule has 90 valence electrons. The minimum absolute atomic E-state index is 0.217. The summed E-state index contributed by atoms with van der Waals surface area (Å²) in [5.74, 6) is 0.618. The molecular formula is C11H13ClN4O. The van der Waals surface area contributed by atoms with Gasteiger partial charge < -0.3 is 14.6 Å². The maximum atomic E-state index is 5.57. The largest absolute Gasteiger partial charge is 0.407 e. The molecule has 1 heterocycles. The van der Waals surface area contributed by atoms with Crippen LogP contribution in [0.2, 0.25) is 0 Å². The summed E-state index contributed by atoms with van der Waals surface area (Å²) in [6, 6.07) is 8.24. The second kappa shape index (κ2) is 5.05. The molecule has 0 amide bonds. The van der Waals surface area contributed by atoms with Crippen LogP contribution in [0.1, 0.15) is 5.89 Å². The molecule has 0 fully saturated rings. The van der Waals surface area contributed by atoms with E-state index in [1.807, 2.05) is 43.3 Å². The van der Waals surface area contributed by atoms with Crippen molar-refractivity contribution < 1.29 is 4.42 Å². The SMILES string of the molecule is CN(C)c1ccc(Nc2nnc(CCl)o2)cc1. The minimum atomic E-state index is 0.217. The quantitative estimate of drug-likeness (QED) is 0.848. The Balaban J connectivity index is 2.08. The van der Waals surface area contributed by atoms with Crippen molar-refractivity contribution in [2.24, 2.45) is 0 Å². The second-order valence-corrected chi connectivity index (χ2v) is 3.97. The lowest BCUT2D eigenvalue weighted by Gasteiger charge is -2.12. The fraction of sp³-hybridized carbons (Fsp3) is 0.273. The van der Waals surface area contributed by atoms with E-state index >= 15 is 0 Å². The van der Waals surface area contributed by atoms with Crippen molar-refractivity contribution >= 4 is 29.0 Å². The highest BCUT2D eigenvalue weighted by atomic mass is 35.5. The first-order chi connectivity index (χ1) is 8.19. The monoisotopic (exact) mass is 252 g/mol. The summed E-state index contributed by atoms with van der Waals surface area (Å²) in [6.45, 7) is 0. The van der Waals surface area contributed by atoms with Crippen LogP contribution >= 0.6 is 11.6 Å². The molecule has 5 nitrogen and oxygen atoms in total. The number of alkyl halides is 1. The van der Waals surface area contributed by atoms with Crippen molar-refractivity contribution in [1.29, 1.82) is 0 Å². The van der Waals surface area contributed by atoms with Crippen LogP contribution in [0.4, 0.5) is 17.4 Å². The Hall–Kier alpha value is -1.75. The molecule has 0 aliphatic carbocycles. The number of halogens is 1. The number of hydrogen-bond acceptors (Lipinski definition) is 5. The zero-order valence-corrected chi connectivity index (χ0v) is 10.4. The Morgan fingerprint density at radius 1 is 1.24 bits per heavy atom. The molecule has 0 spiro atoms. The van der Waals surface area contributed by atoms with Crippen molar-refractivity contribution in [3.63, 3.8) is 0 Å². The molecule has 1 N–H and O–H groups in total. The number of nitrogens with zero attached hydrogens (tertiary/aromatic N) is 3. The summed E-state index contributed by atoms with van der Waals surface area (Å²) in [5, 5.41) is 10.6. The third-order valence-electron chi connectivity index (χ3n) is 2.22. The third-order valence-corrected chi connectivity index (χ3v) is 2.44. The van der Waals surface area contributed by atoms with Gasteiger partial charge in [0.05, 0.1) is 0 Å². The highest BCUT2D eigenvalue weighted by Crippen LogP contribution is 2.19. The van der Waals surface area contributed by atoms with Gasteiger partial charge in [-0.15, -0.1) is 16.7 Å². The van der Waals surface area contributed by atoms with Gasteiger partial charge in [-0.3, -0.25) is 0 Å². The molecule has 0 bridgehead atoms. The van der Waals surface area contributed by atoms with Crippen molar-refractivity contribution in [3.05, 3.63) is 30.2 Å². The van der Waals surface area contributed by atoms with Crippen LogP contribution in [0.15, 0.2) is 28.7 Å². The Morgan fingerprint density at radius 3 is 2.47 bits per heavy atom. The molecule has 0 radical (unpaired) electrons. The van der Waals surface area contributed by atoms with Crippen molar-refractivity contribution in [2.45, 2.75) is 5.88 Å². The van der Waals surface area contributed by atoms with Gasteiger partial charge >= 0.3 is 6.01 Å².